The Bertz CT molecular complexity index is 1020. The average Bonchev–Trinajstić information content (AvgIpc) is 2.68. The molecule has 4 rings (SSSR count). The Morgan fingerprint density at radius 1 is 1.19 bits per heavy atom. The summed E-state index contributed by atoms with van der Waals surface area (Å²) < 4.78 is 0. The van der Waals surface area contributed by atoms with Crippen molar-refractivity contribution in [2.24, 2.45) is 10.9 Å². The molecule has 2 aliphatic rings. The van der Waals surface area contributed by atoms with Crippen LogP contribution in [0.2, 0.25) is 0 Å². The van der Waals surface area contributed by atoms with Crippen molar-refractivity contribution in [3.05, 3.63) is 70.2 Å². The largest absolute Gasteiger partial charge is 0.272 e. The van der Waals surface area contributed by atoms with Crippen molar-refractivity contribution in [2.45, 2.75) is 44.4 Å². The topological polar surface area (TPSA) is 53.2 Å². The van der Waals surface area contributed by atoms with E-state index in [2.05, 4.69) is 23.2 Å². The maximum atomic E-state index is 12.5. The molecule has 1 saturated carbocycles. The lowest BCUT2D eigenvalue weighted by Crippen LogP contribution is -2.40. The number of hydrogen-bond acceptors (Lipinski definition) is 2. The molecule has 3 heteroatoms. The monoisotopic (exact) mass is 342 g/mol. The quantitative estimate of drug-likeness (QED) is 0.860. The van der Waals surface area contributed by atoms with E-state index >= 15 is 0 Å². The Hall–Kier alpha value is -2.73. The van der Waals surface area contributed by atoms with Gasteiger partial charge in [0.2, 0.25) is 0 Å². The second kappa shape index (κ2) is 6.53. The summed E-state index contributed by atoms with van der Waals surface area (Å²) in [6, 6.07) is 18.6. The lowest BCUT2D eigenvalue weighted by Gasteiger charge is -2.26. The lowest BCUT2D eigenvalue weighted by molar-refractivity contribution is -0.120. The molecular weight excluding hydrogens is 320 g/mol. The summed E-state index contributed by atoms with van der Waals surface area (Å²) in [5.41, 5.74) is 2.65. The molecule has 0 bridgehead atoms. The van der Waals surface area contributed by atoms with Crippen LogP contribution in [0.3, 0.4) is 0 Å². The van der Waals surface area contributed by atoms with E-state index in [1.807, 2.05) is 43.3 Å². The van der Waals surface area contributed by atoms with Gasteiger partial charge >= 0.3 is 0 Å². The molecule has 2 aromatic rings. The molecule has 0 radical (unpaired) electrons. The number of amides is 1. The summed E-state index contributed by atoms with van der Waals surface area (Å²) in [5.74, 6) is -0.0279. The van der Waals surface area contributed by atoms with Gasteiger partial charge in [0.1, 0.15) is 0 Å². The lowest BCUT2D eigenvalue weighted by atomic mass is 9.77. The van der Waals surface area contributed by atoms with Crippen molar-refractivity contribution in [3.8, 4) is 6.07 Å². The molecule has 2 aromatic carbocycles. The summed E-state index contributed by atoms with van der Waals surface area (Å²) in [7, 11) is 0. The third kappa shape index (κ3) is 2.86. The number of carbonyl (C=O) groups excluding carboxylic acids is 1. The highest BCUT2D eigenvalue weighted by Gasteiger charge is 2.31. The van der Waals surface area contributed by atoms with E-state index in [0.29, 0.717) is 6.42 Å². The van der Waals surface area contributed by atoms with Crippen LogP contribution >= 0.6 is 0 Å². The van der Waals surface area contributed by atoms with Gasteiger partial charge in [-0.25, -0.2) is 4.99 Å². The molecule has 1 heterocycles. The zero-order valence-electron chi connectivity index (χ0n) is 15.0. The minimum absolute atomic E-state index is 0.00827. The number of carbonyl (C=O) groups is 1. The van der Waals surface area contributed by atoms with Crippen molar-refractivity contribution in [2.75, 3.05) is 0 Å². The third-order valence-electron chi connectivity index (χ3n) is 5.77. The minimum Gasteiger partial charge on any atom is -0.272 e. The zero-order chi connectivity index (χ0) is 18.1. The summed E-state index contributed by atoms with van der Waals surface area (Å²) in [4.78, 5) is 16.8. The first kappa shape index (κ1) is 16.7. The molecule has 0 saturated heterocycles. The van der Waals surface area contributed by atoms with E-state index in [4.69, 9.17) is 0 Å². The number of benzene rings is 2. The van der Waals surface area contributed by atoms with Crippen molar-refractivity contribution in [1.29, 1.82) is 5.26 Å². The highest BCUT2D eigenvalue weighted by molar-refractivity contribution is 5.90. The van der Waals surface area contributed by atoms with Crippen molar-refractivity contribution in [1.82, 2.24) is 0 Å². The molecule has 1 amide bonds. The molecule has 0 spiro atoms. The van der Waals surface area contributed by atoms with Crippen molar-refractivity contribution >= 4 is 11.5 Å². The summed E-state index contributed by atoms with van der Waals surface area (Å²) in [6.07, 6.45) is 4.79. The molecule has 0 aromatic heterocycles. The Labute approximate surface area is 153 Å². The molecule has 1 fully saturated rings. The van der Waals surface area contributed by atoms with Crippen LogP contribution in [0.25, 0.3) is 5.57 Å². The molecule has 0 N–H and O–H groups in total. The van der Waals surface area contributed by atoms with Gasteiger partial charge in [-0.2, -0.15) is 5.26 Å². The van der Waals surface area contributed by atoms with Crippen LogP contribution in [0.1, 0.15) is 43.7 Å². The van der Waals surface area contributed by atoms with Gasteiger partial charge in [-0.3, -0.25) is 4.79 Å². The zero-order valence-corrected chi connectivity index (χ0v) is 15.0. The number of nitrogens with zero attached hydrogens (tertiary/aromatic N) is 2. The summed E-state index contributed by atoms with van der Waals surface area (Å²) in [5, 5.41) is 11.7. The molecule has 3 nitrogen and oxygen atoms in total. The van der Waals surface area contributed by atoms with Gasteiger partial charge in [0, 0.05) is 5.22 Å². The van der Waals surface area contributed by atoms with Crippen LogP contribution < -0.4 is 10.6 Å². The maximum absolute atomic E-state index is 12.5. The molecular formula is C23H22N2O. The maximum Gasteiger partial charge on any atom is 0.253 e. The second-order valence-corrected chi connectivity index (χ2v) is 7.61. The first-order valence-electron chi connectivity index (χ1n) is 9.32. The number of hydrogen-bond donors (Lipinski definition) is 0. The van der Waals surface area contributed by atoms with Crippen molar-refractivity contribution < 1.29 is 4.79 Å². The fraction of sp³-hybridized carbons (Fsp3) is 0.348. The van der Waals surface area contributed by atoms with Crippen LogP contribution in [0.15, 0.2) is 53.5 Å². The number of fused-ring (bicyclic) bond motifs is 2. The Balaban J connectivity index is 1.80. The van der Waals surface area contributed by atoms with Crippen LogP contribution in [0, 0.1) is 17.2 Å². The molecule has 26 heavy (non-hydrogen) atoms. The van der Waals surface area contributed by atoms with Crippen LogP contribution in [-0.2, 0) is 16.6 Å². The smallest absolute Gasteiger partial charge is 0.253 e. The van der Waals surface area contributed by atoms with Gasteiger partial charge in [-0.1, -0.05) is 48.9 Å². The first-order chi connectivity index (χ1) is 12.6. The van der Waals surface area contributed by atoms with E-state index in [-0.39, 0.29) is 11.8 Å². The molecule has 2 atom stereocenters. The van der Waals surface area contributed by atoms with E-state index in [9.17, 15) is 10.1 Å². The second-order valence-electron chi connectivity index (χ2n) is 7.61. The molecule has 1 aliphatic heterocycles. The molecule has 1 unspecified atom stereocenters. The Morgan fingerprint density at radius 3 is 2.77 bits per heavy atom. The van der Waals surface area contributed by atoms with Gasteiger partial charge in [-0.05, 0) is 55.4 Å². The third-order valence-corrected chi connectivity index (χ3v) is 5.77. The van der Waals surface area contributed by atoms with Gasteiger partial charge in [0.15, 0.2) is 0 Å². The molecule has 1 aliphatic carbocycles. The number of nitriles is 1. The van der Waals surface area contributed by atoms with E-state index < -0.39 is 5.41 Å². The minimum atomic E-state index is -0.650. The van der Waals surface area contributed by atoms with Gasteiger partial charge in [0.05, 0.1) is 22.8 Å². The first-order valence-corrected chi connectivity index (χ1v) is 9.32. The average molecular weight is 342 g/mol. The van der Waals surface area contributed by atoms with Crippen LogP contribution in [0.4, 0.5) is 0 Å². The fourth-order valence-electron chi connectivity index (χ4n) is 4.25. The van der Waals surface area contributed by atoms with Gasteiger partial charge < -0.3 is 0 Å². The molecule has 130 valence electrons. The summed E-state index contributed by atoms with van der Waals surface area (Å²) in [6.45, 7) is 1.96. The van der Waals surface area contributed by atoms with Crippen molar-refractivity contribution in [3.63, 3.8) is 0 Å². The highest BCUT2D eigenvalue weighted by atomic mass is 16.1. The standard InChI is InChI=1S/C23H22N2O/c1-23(15-24,14-16-7-3-2-4-8-16)17-11-12-19-18-9-5-6-10-20(18)22(26)25-21(19)13-17/h2-4,7-8,11-13,20H,5-6,9-10,14H2,1H3/t20?,23-/m1/s1. The van der Waals surface area contributed by atoms with Gasteiger partial charge in [-0.15, -0.1) is 0 Å². The Morgan fingerprint density at radius 2 is 2.00 bits per heavy atom. The van der Waals surface area contributed by atoms with E-state index in [0.717, 1.165) is 47.4 Å². The fourth-order valence-corrected chi connectivity index (χ4v) is 4.25. The van der Waals surface area contributed by atoms with E-state index in [1.54, 1.807) is 0 Å². The van der Waals surface area contributed by atoms with Crippen LogP contribution in [0.5, 0.6) is 0 Å². The predicted octanol–water partition coefficient (Wildman–Crippen LogP) is 3.21. The normalized spacial score (nSPS) is 21.0. The van der Waals surface area contributed by atoms with E-state index in [1.165, 1.54) is 5.57 Å². The SMILES string of the molecule is C[C@](C#N)(Cc1ccccc1)c1ccc2c(c1)=NC(=O)C1CCCCC=21. The summed E-state index contributed by atoms with van der Waals surface area (Å²) >= 11 is 0. The predicted molar refractivity (Wildman–Crippen MR) is 101 cm³/mol. The van der Waals surface area contributed by atoms with Gasteiger partial charge in [0.25, 0.3) is 5.91 Å². The highest BCUT2D eigenvalue weighted by Crippen LogP contribution is 2.32. The van der Waals surface area contributed by atoms with Crippen LogP contribution in [-0.4, -0.2) is 5.91 Å². The number of rotatable bonds is 3. The Kier molecular flexibility index (Phi) is 4.20.